The van der Waals surface area contributed by atoms with Gasteiger partial charge in [0.15, 0.2) is 0 Å². The van der Waals surface area contributed by atoms with Crippen molar-refractivity contribution in [1.82, 2.24) is 0 Å². The molecule has 1 aliphatic carbocycles. The molecule has 1 aromatic carbocycles. The van der Waals surface area contributed by atoms with Gasteiger partial charge < -0.3 is 0 Å². The first-order valence-electron chi connectivity index (χ1n) is 7.17. The first-order valence-corrected chi connectivity index (χ1v) is 8.76. The molecule has 2 rings (SSSR count). The second-order valence-electron chi connectivity index (χ2n) is 5.49. The highest BCUT2D eigenvalue weighted by atomic mass is 79.9. The molecule has 1 aliphatic rings. The molecule has 1 fully saturated rings. The molecule has 0 unspecified atom stereocenters. The predicted octanol–water partition coefficient (Wildman–Crippen LogP) is 6.29. The lowest BCUT2D eigenvalue weighted by molar-refractivity contribution is 0.356. The fourth-order valence-electron chi connectivity index (χ4n) is 2.95. The Hall–Kier alpha value is 0.180. The van der Waals surface area contributed by atoms with Crippen LogP contribution in [0.4, 0.5) is 0 Å². The van der Waals surface area contributed by atoms with Crippen molar-refractivity contribution in [3.63, 3.8) is 0 Å². The third-order valence-electron chi connectivity index (χ3n) is 3.97. The van der Waals surface area contributed by atoms with E-state index in [-0.39, 0.29) is 0 Å². The summed E-state index contributed by atoms with van der Waals surface area (Å²) in [5, 5.41) is 0. The van der Waals surface area contributed by atoms with Crippen LogP contribution in [0.25, 0.3) is 0 Å². The highest BCUT2D eigenvalue weighted by molar-refractivity contribution is 9.11. The summed E-state index contributed by atoms with van der Waals surface area (Å²) in [6.45, 7) is 2.23. The smallest absolute Gasteiger partial charge is 0.0210 e. The van der Waals surface area contributed by atoms with Crippen LogP contribution in [0.5, 0.6) is 0 Å². The maximum atomic E-state index is 3.76. The van der Waals surface area contributed by atoms with E-state index < -0.39 is 0 Å². The van der Waals surface area contributed by atoms with Crippen LogP contribution in [0.2, 0.25) is 0 Å². The maximum absolute atomic E-state index is 3.76. The molecule has 0 N–H and O–H groups in total. The Kier molecular flexibility index (Phi) is 5.75. The van der Waals surface area contributed by atoms with Crippen molar-refractivity contribution in [2.24, 2.45) is 5.92 Å². The molecule has 0 nitrogen and oxygen atoms in total. The number of halogens is 2. The lowest BCUT2D eigenvalue weighted by Crippen LogP contribution is -2.09. The molecule has 18 heavy (non-hydrogen) atoms. The first-order chi connectivity index (χ1) is 8.70. The van der Waals surface area contributed by atoms with Crippen molar-refractivity contribution in [3.05, 3.63) is 32.2 Å². The van der Waals surface area contributed by atoms with Gasteiger partial charge in [0.2, 0.25) is 0 Å². The third-order valence-corrected chi connectivity index (χ3v) is 5.44. The number of hydrogen-bond acceptors (Lipinski definition) is 0. The van der Waals surface area contributed by atoms with Crippen molar-refractivity contribution < 1.29 is 0 Å². The zero-order valence-corrected chi connectivity index (χ0v) is 14.3. The van der Waals surface area contributed by atoms with E-state index in [2.05, 4.69) is 50.9 Å². The predicted molar refractivity (Wildman–Crippen MR) is 86.1 cm³/mol. The Labute approximate surface area is 128 Å². The molecule has 0 aliphatic heterocycles. The van der Waals surface area contributed by atoms with Crippen LogP contribution in [0, 0.1) is 5.92 Å². The van der Waals surface area contributed by atoms with E-state index in [0.29, 0.717) is 0 Å². The van der Waals surface area contributed by atoms with Gasteiger partial charge in [-0.1, -0.05) is 77.3 Å². The number of benzene rings is 1. The van der Waals surface area contributed by atoms with Gasteiger partial charge in [0, 0.05) is 8.95 Å². The maximum Gasteiger partial charge on any atom is 0.0210 e. The summed E-state index contributed by atoms with van der Waals surface area (Å²) in [4.78, 5) is 0. The highest BCUT2D eigenvalue weighted by Gasteiger charge is 2.16. The molecule has 0 radical (unpaired) electrons. The van der Waals surface area contributed by atoms with Gasteiger partial charge in [-0.05, 0) is 42.0 Å². The van der Waals surface area contributed by atoms with Gasteiger partial charge in [-0.15, -0.1) is 0 Å². The molecule has 0 aromatic heterocycles. The van der Waals surface area contributed by atoms with E-state index >= 15 is 0 Å². The first kappa shape index (κ1) is 14.6. The molecule has 0 heterocycles. The quantitative estimate of drug-likeness (QED) is 0.581. The van der Waals surface area contributed by atoms with Crippen molar-refractivity contribution in [1.29, 1.82) is 0 Å². The van der Waals surface area contributed by atoms with Crippen LogP contribution < -0.4 is 0 Å². The van der Waals surface area contributed by atoms with Gasteiger partial charge in [0.25, 0.3) is 0 Å². The molecular formula is C16H22Br2. The van der Waals surface area contributed by atoms with Crippen molar-refractivity contribution in [2.45, 2.75) is 58.3 Å². The van der Waals surface area contributed by atoms with Crippen molar-refractivity contribution >= 4 is 31.9 Å². The van der Waals surface area contributed by atoms with Gasteiger partial charge in [-0.25, -0.2) is 0 Å². The summed E-state index contributed by atoms with van der Waals surface area (Å²) in [5.41, 5.74) is 2.91. The van der Waals surface area contributed by atoms with Gasteiger partial charge >= 0.3 is 0 Å². The van der Waals surface area contributed by atoms with Gasteiger partial charge in [0.05, 0.1) is 0 Å². The van der Waals surface area contributed by atoms with Crippen LogP contribution >= 0.6 is 31.9 Å². The molecule has 100 valence electrons. The Balaban J connectivity index is 2.10. The molecule has 0 atom stereocenters. The minimum Gasteiger partial charge on any atom is -0.0651 e. The zero-order valence-electron chi connectivity index (χ0n) is 11.1. The lowest BCUT2D eigenvalue weighted by Gasteiger charge is -2.22. The second-order valence-corrected chi connectivity index (χ2v) is 7.20. The second kappa shape index (κ2) is 7.09. The van der Waals surface area contributed by atoms with E-state index in [1.54, 1.807) is 0 Å². The van der Waals surface area contributed by atoms with Crippen LogP contribution in [-0.2, 0) is 12.8 Å². The summed E-state index contributed by atoms with van der Waals surface area (Å²) < 4.78 is 2.60. The normalized spacial score (nSPS) is 17.1. The SMILES string of the molecule is CCCc1cc(Br)c(CC2CCCCC2)cc1Br. The van der Waals surface area contributed by atoms with Crippen molar-refractivity contribution in [3.8, 4) is 0 Å². The summed E-state index contributed by atoms with van der Waals surface area (Å²) in [6, 6.07) is 4.65. The topological polar surface area (TPSA) is 0 Å². The van der Waals surface area contributed by atoms with Crippen LogP contribution in [0.1, 0.15) is 56.6 Å². The number of rotatable bonds is 4. The Morgan fingerprint density at radius 1 is 1.00 bits per heavy atom. The average molecular weight is 374 g/mol. The van der Waals surface area contributed by atoms with Crippen LogP contribution in [-0.4, -0.2) is 0 Å². The minimum atomic E-state index is 0.902. The molecule has 0 spiro atoms. The molecule has 0 bridgehead atoms. The number of hydrogen-bond donors (Lipinski definition) is 0. The summed E-state index contributed by atoms with van der Waals surface area (Å²) in [5.74, 6) is 0.902. The minimum absolute atomic E-state index is 0.902. The zero-order chi connectivity index (χ0) is 13.0. The Morgan fingerprint density at radius 3 is 2.28 bits per heavy atom. The lowest BCUT2D eigenvalue weighted by atomic mass is 9.85. The Bertz CT molecular complexity index is 392. The van der Waals surface area contributed by atoms with E-state index in [0.717, 1.165) is 12.3 Å². The highest BCUT2D eigenvalue weighted by Crippen LogP contribution is 2.32. The van der Waals surface area contributed by atoms with Crippen molar-refractivity contribution in [2.75, 3.05) is 0 Å². The van der Waals surface area contributed by atoms with E-state index in [1.165, 1.54) is 65.0 Å². The fraction of sp³-hybridized carbons (Fsp3) is 0.625. The third kappa shape index (κ3) is 3.84. The largest absolute Gasteiger partial charge is 0.0651 e. The number of aryl methyl sites for hydroxylation is 1. The summed E-state index contributed by atoms with van der Waals surface area (Å²) in [6.07, 6.45) is 10.7. The van der Waals surface area contributed by atoms with Crippen LogP contribution in [0.15, 0.2) is 21.1 Å². The molecular weight excluding hydrogens is 352 g/mol. The molecule has 0 saturated heterocycles. The van der Waals surface area contributed by atoms with E-state index in [9.17, 15) is 0 Å². The van der Waals surface area contributed by atoms with E-state index in [1.807, 2.05) is 0 Å². The summed E-state index contributed by atoms with van der Waals surface area (Å²) in [7, 11) is 0. The molecule has 2 heteroatoms. The standard InChI is InChI=1S/C16H22Br2/c1-2-6-13-10-16(18)14(11-15(13)17)9-12-7-4-3-5-8-12/h10-12H,2-9H2,1H3. The molecule has 0 amide bonds. The fourth-order valence-corrected chi connectivity index (χ4v) is 4.09. The molecule has 1 saturated carbocycles. The van der Waals surface area contributed by atoms with Gasteiger partial charge in [0.1, 0.15) is 0 Å². The van der Waals surface area contributed by atoms with Gasteiger partial charge in [-0.2, -0.15) is 0 Å². The monoisotopic (exact) mass is 372 g/mol. The Morgan fingerprint density at radius 2 is 1.61 bits per heavy atom. The summed E-state index contributed by atoms with van der Waals surface area (Å²) >= 11 is 7.48. The van der Waals surface area contributed by atoms with E-state index in [4.69, 9.17) is 0 Å². The van der Waals surface area contributed by atoms with Gasteiger partial charge in [-0.3, -0.25) is 0 Å². The van der Waals surface area contributed by atoms with Crippen LogP contribution in [0.3, 0.4) is 0 Å². The average Bonchev–Trinajstić information content (AvgIpc) is 2.37. The molecule has 1 aromatic rings.